The van der Waals surface area contributed by atoms with Gasteiger partial charge in [0.15, 0.2) is 6.61 Å². The molecule has 0 fully saturated rings. The Hall–Kier alpha value is -1.40. The molecular weight excluding hydrogens is 220 g/mol. The first-order chi connectivity index (χ1) is 7.13. The summed E-state index contributed by atoms with van der Waals surface area (Å²) in [5, 5.41) is 0. The van der Waals surface area contributed by atoms with E-state index in [2.05, 4.69) is 4.74 Å². The van der Waals surface area contributed by atoms with Gasteiger partial charge in [-0.05, 0) is 29.3 Å². The second-order valence-corrected chi connectivity index (χ2v) is 3.52. The van der Waals surface area contributed by atoms with Gasteiger partial charge in [0.2, 0.25) is 0 Å². The van der Waals surface area contributed by atoms with Crippen LogP contribution in [0, 0.1) is 0 Å². The molecule has 82 valence electrons. The van der Waals surface area contributed by atoms with Gasteiger partial charge < -0.3 is 14.0 Å². The van der Waals surface area contributed by atoms with Crippen LogP contribution in [-0.4, -0.2) is 28.4 Å². The fraction of sp³-hybridized carbons (Fsp3) is 0.222. The Balaban J connectivity index is 2.66. The predicted molar refractivity (Wildman–Crippen MR) is 51.1 cm³/mol. The maximum Gasteiger partial charge on any atom is 0.343 e. The second kappa shape index (κ2) is 5.47. The number of esters is 1. The zero-order valence-corrected chi connectivity index (χ0v) is 8.78. The van der Waals surface area contributed by atoms with E-state index in [-0.39, 0.29) is 11.5 Å². The summed E-state index contributed by atoms with van der Waals surface area (Å²) in [7, 11) is 1.24. The lowest BCUT2D eigenvalue weighted by Crippen LogP contribution is -2.12. The monoisotopic (exact) mass is 229 g/mol. The van der Waals surface area contributed by atoms with E-state index in [1.807, 2.05) is 0 Å². The van der Waals surface area contributed by atoms with Gasteiger partial charge in [-0.1, -0.05) is 6.07 Å². The van der Waals surface area contributed by atoms with E-state index in [0.717, 1.165) is 0 Å². The van der Waals surface area contributed by atoms with Crippen LogP contribution in [-0.2, 0) is 20.6 Å². The van der Waals surface area contributed by atoms with Crippen molar-refractivity contribution < 1.29 is 23.0 Å². The van der Waals surface area contributed by atoms with E-state index in [1.165, 1.54) is 25.3 Å². The molecule has 0 aliphatic carbocycles. The molecule has 1 rings (SSSR count). The minimum Gasteiger partial charge on any atom is -0.768 e. The molecule has 1 aromatic carbocycles. The molecule has 1 aromatic rings. The molecule has 5 nitrogen and oxygen atoms in total. The first-order valence-electron chi connectivity index (χ1n) is 4.02. The van der Waals surface area contributed by atoms with Crippen LogP contribution >= 0.6 is 0 Å². The molecule has 0 heterocycles. The molecule has 0 saturated carbocycles. The third-order valence-corrected chi connectivity index (χ3v) is 2.22. The highest BCUT2D eigenvalue weighted by molar-refractivity contribution is 7.79. The second-order valence-electron chi connectivity index (χ2n) is 2.57. The van der Waals surface area contributed by atoms with E-state index < -0.39 is 17.0 Å². The van der Waals surface area contributed by atoms with Crippen LogP contribution in [0.25, 0.3) is 0 Å². The largest absolute Gasteiger partial charge is 0.768 e. The first kappa shape index (κ1) is 11.7. The Morgan fingerprint density at radius 3 is 2.87 bits per heavy atom. The number of carbonyl (C=O) groups is 1. The zero-order valence-electron chi connectivity index (χ0n) is 7.97. The lowest BCUT2D eigenvalue weighted by atomic mass is 10.3. The quantitative estimate of drug-likeness (QED) is 0.554. The van der Waals surface area contributed by atoms with Crippen LogP contribution in [0.15, 0.2) is 29.2 Å². The Kier molecular flexibility index (Phi) is 4.26. The van der Waals surface area contributed by atoms with Crippen LogP contribution in [0.5, 0.6) is 5.75 Å². The molecule has 0 amide bonds. The van der Waals surface area contributed by atoms with Crippen LogP contribution in [0.3, 0.4) is 0 Å². The standard InChI is InChI=1S/C9H10O5S/c1-13-9(10)6-14-7-3-2-4-8(5-7)15(11)12/h2-5H,6H2,1H3,(H,11,12)/p-1. The van der Waals surface area contributed by atoms with Gasteiger partial charge in [-0.15, -0.1) is 0 Å². The third-order valence-electron chi connectivity index (χ3n) is 1.58. The average molecular weight is 229 g/mol. The number of hydrogen-bond acceptors (Lipinski definition) is 5. The lowest BCUT2D eigenvalue weighted by Gasteiger charge is -2.08. The maximum atomic E-state index is 10.7. The summed E-state index contributed by atoms with van der Waals surface area (Å²) in [6.45, 7) is -0.245. The Morgan fingerprint density at radius 1 is 1.53 bits per heavy atom. The predicted octanol–water partition coefficient (Wildman–Crippen LogP) is 0.476. The van der Waals surface area contributed by atoms with Crippen molar-refractivity contribution in [1.29, 1.82) is 0 Å². The van der Waals surface area contributed by atoms with Gasteiger partial charge in [-0.3, -0.25) is 4.21 Å². The molecule has 6 heteroatoms. The van der Waals surface area contributed by atoms with E-state index in [4.69, 9.17) is 4.74 Å². The fourth-order valence-corrected chi connectivity index (χ4v) is 1.27. The Labute approximate surface area is 89.3 Å². The van der Waals surface area contributed by atoms with Crippen molar-refractivity contribution >= 4 is 17.0 Å². The van der Waals surface area contributed by atoms with Crippen molar-refractivity contribution in [3.05, 3.63) is 24.3 Å². The SMILES string of the molecule is COC(=O)COc1cccc(S(=O)[O-])c1. The van der Waals surface area contributed by atoms with Crippen molar-refractivity contribution in [2.24, 2.45) is 0 Å². The zero-order chi connectivity index (χ0) is 11.3. The summed E-state index contributed by atoms with van der Waals surface area (Å²) in [5.74, 6) is -0.217. The van der Waals surface area contributed by atoms with Gasteiger partial charge in [-0.25, -0.2) is 4.79 Å². The number of methoxy groups -OCH3 is 1. The molecule has 1 atom stereocenters. The molecule has 0 bridgehead atoms. The van der Waals surface area contributed by atoms with Crippen molar-refractivity contribution in [1.82, 2.24) is 0 Å². The number of hydrogen-bond donors (Lipinski definition) is 0. The van der Waals surface area contributed by atoms with E-state index in [1.54, 1.807) is 6.07 Å². The maximum absolute atomic E-state index is 10.7. The van der Waals surface area contributed by atoms with Crippen molar-refractivity contribution in [2.45, 2.75) is 4.90 Å². The smallest absolute Gasteiger partial charge is 0.343 e. The van der Waals surface area contributed by atoms with Gasteiger partial charge in [0.1, 0.15) is 5.75 Å². The topological polar surface area (TPSA) is 75.7 Å². The van der Waals surface area contributed by atoms with Gasteiger partial charge in [0.25, 0.3) is 0 Å². The van der Waals surface area contributed by atoms with Crippen molar-refractivity contribution in [3.63, 3.8) is 0 Å². The van der Waals surface area contributed by atoms with Gasteiger partial charge in [-0.2, -0.15) is 0 Å². The number of ether oxygens (including phenoxy) is 2. The number of rotatable bonds is 4. The third kappa shape index (κ3) is 3.69. The first-order valence-corrected chi connectivity index (χ1v) is 5.10. The minimum absolute atomic E-state index is 0.109. The molecule has 0 aliphatic rings. The molecule has 0 N–H and O–H groups in total. The molecule has 1 unspecified atom stereocenters. The van der Waals surface area contributed by atoms with Crippen molar-refractivity contribution in [3.8, 4) is 5.75 Å². The van der Waals surface area contributed by atoms with Crippen LogP contribution in [0.4, 0.5) is 0 Å². The lowest BCUT2D eigenvalue weighted by molar-refractivity contribution is -0.142. The van der Waals surface area contributed by atoms with E-state index in [0.29, 0.717) is 5.75 Å². The Morgan fingerprint density at radius 2 is 2.27 bits per heavy atom. The average Bonchev–Trinajstić information content (AvgIpc) is 2.26. The summed E-state index contributed by atoms with van der Waals surface area (Å²) >= 11 is -2.30. The molecule has 0 radical (unpaired) electrons. The van der Waals surface area contributed by atoms with E-state index in [9.17, 15) is 13.6 Å². The van der Waals surface area contributed by atoms with Gasteiger partial charge in [0, 0.05) is 4.90 Å². The summed E-state index contributed by atoms with van der Waals surface area (Å²) in [6, 6.07) is 5.83. The number of carbonyl (C=O) groups excluding carboxylic acids is 1. The molecule has 0 aromatic heterocycles. The highest BCUT2D eigenvalue weighted by atomic mass is 32.2. The van der Waals surface area contributed by atoms with Crippen LogP contribution < -0.4 is 4.74 Å². The highest BCUT2D eigenvalue weighted by Crippen LogP contribution is 2.15. The molecule has 0 saturated heterocycles. The van der Waals surface area contributed by atoms with Crippen LogP contribution in [0.1, 0.15) is 0 Å². The van der Waals surface area contributed by atoms with E-state index >= 15 is 0 Å². The van der Waals surface area contributed by atoms with Crippen LogP contribution in [0.2, 0.25) is 0 Å². The minimum atomic E-state index is -2.30. The molecule has 0 aliphatic heterocycles. The molecule has 0 spiro atoms. The van der Waals surface area contributed by atoms with Gasteiger partial charge in [0.05, 0.1) is 7.11 Å². The Bertz CT molecular complexity index is 377. The molecular formula is C9H9O5S-. The summed E-state index contributed by atoms with van der Waals surface area (Å²) < 4.78 is 30.6. The number of benzene rings is 1. The molecule has 15 heavy (non-hydrogen) atoms. The fourth-order valence-electron chi connectivity index (χ4n) is 0.869. The summed E-state index contributed by atoms with van der Waals surface area (Å²) in [5.41, 5.74) is 0. The highest BCUT2D eigenvalue weighted by Gasteiger charge is 2.02. The summed E-state index contributed by atoms with van der Waals surface area (Å²) in [4.78, 5) is 10.8. The van der Waals surface area contributed by atoms with Crippen molar-refractivity contribution in [2.75, 3.05) is 13.7 Å². The van der Waals surface area contributed by atoms with Gasteiger partial charge >= 0.3 is 5.97 Å². The summed E-state index contributed by atoms with van der Waals surface area (Å²) in [6.07, 6.45) is 0. The normalized spacial score (nSPS) is 11.9.